The molecule has 0 aromatic carbocycles. The van der Waals surface area contributed by atoms with Gasteiger partial charge in [-0.1, -0.05) is 117 Å². The molecule has 2 aromatic rings. The Balaban J connectivity index is 1.09. The summed E-state index contributed by atoms with van der Waals surface area (Å²) >= 11 is 0. The molecule has 5 N–H and O–H groups in total. The van der Waals surface area contributed by atoms with Crippen LogP contribution in [0.5, 0.6) is 0 Å². The van der Waals surface area contributed by atoms with Crippen molar-refractivity contribution in [3.05, 3.63) is 24.2 Å². The van der Waals surface area contributed by atoms with Crippen LogP contribution in [0.15, 0.2) is 18.5 Å². The van der Waals surface area contributed by atoms with E-state index in [2.05, 4.69) is 17.0 Å². The number of aliphatic hydroxyl groups is 2. The van der Waals surface area contributed by atoms with Gasteiger partial charge in [0.1, 0.15) is 41.9 Å². The SMILES string of the molecule is CCCCCCCCCCCCCCCCCCOC[C@H](COP(=O)(O)OC1[C@H]2O[C@@](C)(c3ccc4c(N)ncnn34)[C@H](O)[C@@]12O)OCC(C)C. The monoisotopic (exact) mass is 740 g/mol. The lowest BCUT2D eigenvalue weighted by Crippen LogP contribution is -2.46. The number of rotatable bonds is 28. The third kappa shape index (κ3) is 11.7. The molecule has 1 saturated carbocycles. The van der Waals surface area contributed by atoms with Crippen molar-refractivity contribution >= 4 is 19.2 Å². The number of fused-ring (bicyclic) bond motifs is 2. The first-order chi connectivity index (χ1) is 24.4. The molecule has 2 fully saturated rings. The largest absolute Gasteiger partial charge is 0.472 e. The Morgan fingerprint density at radius 1 is 0.941 bits per heavy atom. The summed E-state index contributed by atoms with van der Waals surface area (Å²) in [7, 11) is -4.67. The van der Waals surface area contributed by atoms with Crippen molar-refractivity contribution < 1.29 is 42.9 Å². The molecule has 0 bridgehead atoms. The zero-order chi connectivity index (χ0) is 36.9. The van der Waals surface area contributed by atoms with Gasteiger partial charge in [0.15, 0.2) is 11.4 Å². The summed E-state index contributed by atoms with van der Waals surface area (Å²) in [6.45, 7) is 8.87. The van der Waals surface area contributed by atoms with Crippen molar-refractivity contribution in [3.63, 3.8) is 0 Å². The van der Waals surface area contributed by atoms with E-state index in [9.17, 15) is 19.7 Å². The molecule has 0 amide bonds. The van der Waals surface area contributed by atoms with Gasteiger partial charge in [0.25, 0.3) is 0 Å². The quantitative estimate of drug-likeness (QED) is 0.0527. The average Bonchev–Trinajstić information content (AvgIpc) is 3.35. The number of phosphoric ester groups is 1. The molecule has 3 heterocycles. The second kappa shape index (κ2) is 20.1. The van der Waals surface area contributed by atoms with Crippen molar-refractivity contribution in [2.75, 3.05) is 32.2 Å². The summed E-state index contributed by atoms with van der Waals surface area (Å²) in [4.78, 5) is 14.5. The molecule has 14 heteroatoms. The third-order valence-corrected chi connectivity index (χ3v) is 11.1. The predicted molar refractivity (Wildman–Crippen MR) is 196 cm³/mol. The van der Waals surface area contributed by atoms with E-state index in [-0.39, 0.29) is 24.9 Å². The predicted octanol–water partition coefficient (Wildman–Crippen LogP) is 6.85. The lowest BCUT2D eigenvalue weighted by atomic mass is 9.91. The van der Waals surface area contributed by atoms with Crippen LogP contribution in [0.1, 0.15) is 136 Å². The van der Waals surface area contributed by atoms with Crippen LogP contribution in [0.4, 0.5) is 5.82 Å². The Kier molecular flexibility index (Phi) is 16.6. The number of phosphoric acid groups is 1. The van der Waals surface area contributed by atoms with Crippen molar-refractivity contribution in [3.8, 4) is 0 Å². The molecule has 1 aliphatic heterocycles. The lowest BCUT2D eigenvalue weighted by molar-refractivity contribution is -0.127. The maximum atomic E-state index is 13.0. The van der Waals surface area contributed by atoms with E-state index in [4.69, 9.17) is 29.0 Å². The minimum absolute atomic E-state index is 0.209. The van der Waals surface area contributed by atoms with Crippen LogP contribution in [-0.2, 0) is 33.4 Å². The van der Waals surface area contributed by atoms with Gasteiger partial charge < -0.3 is 35.1 Å². The molecule has 292 valence electrons. The highest BCUT2D eigenvalue weighted by molar-refractivity contribution is 7.47. The Morgan fingerprint density at radius 2 is 1.53 bits per heavy atom. The normalized spacial score (nSPS) is 26.2. The molecule has 2 unspecified atom stereocenters. The highest BCUT2D eigenvalue weighted by Crippen LogP contribution is 2.63. The van der Waals surface area contributed by atoms with Gasteiger partial charge >= 0.3 is 7.82 Å². The number of aliphatic hydroxyl groups excluding tert-OH is 1. The topological polar surface area (TPSA) is 180 Å². The average molecular weight is 741 g/mol. The molecule has 2 aliphatic rings. The summed E-state index contributed by atoms with van der Waals surface area (Å²) in [5.41, 5.74) is 3.57. The van der Waals surface area contributed by atoms with Crippen molar-refractivity contribution in [2.24, 2.45) is 5.92 Å². The van der Waals surface area contributed by atoms with Crippen molar-refractivity contribution in [1.82, 2.24) is 14.6 Å². The summed E-state index contributed by atoms with van der Waals surface area (Å²) in [6.07, 6.45) is 17.8. The van der Waals surface area contributed by atoms with Gasteiger partial charge in [-0.3, -0.25) is 9.05 Å². The molecule has 1 saturated heterocycles. The molecule has 51 heavy (non-hydrogen) atoms. The first kappa shape index (κ1) is 42.1. The van der Waals surface area contributed by atoms with Crippen LogP contribution < -0.4 is 5.73 Å². The van der Waals surface area contributed by atoms with Crippen molar-refractivity contribution in [2.45, 2.75) is 166 Å². The number of anilines is 1. The smallest absolute Gasteiger partial charge is 0.386 e. The fourth-order valence-electron chi connectivity index (χ4n) is 7.03. The van der Waals surface area contributed by atoms with E-state index in [0.29, 0.717) is 24.4 Å². The molecule has 13 nitrogen and oxygen atoms in total. The minimum Gasteiger partial charge on any atom is -0.386 e. The Bertz CT molecular complexity index is 1360. The molecular weight excluding hydrogens is 675 g/mol. The summed E-state index contributed by atoms with van der Waals surface area (Å²) in [5, 5.41) is 26.7. The fraction of sp³-hybridized carbons (Fsp3) is 0.838. The van der Waals surface area contributed by atoms with Gasteiger partial charge in [-0.15, -0.1) is 0 Å². The molecule has 2 aromatic heterocycles. The van der Waals surface area contributed by atoms with E-state index >= 15 is 0 Å². The van der Waals surface area contributed by atoms with Crippen LogP contribution >= 0.6 is 7.82 Å². The minimum atomic E-state index is -4.67. The second-order valence-electron chi connectivity index (χ2n) is 15.1. The lowest BCUT2D eigenvalue weighted by Gasteiger charge is -2.32. The molecule has 4 rings (SSSR count). The fourth-order valence-corrected chi connectivity index (χ4v) is 8.01. The number of unbranched alkanes of at least 4 members (excludes halogenated alkanes) is 15. The third-order valence-electron chi connectivity index (χ3n) is 10.2. The number of aromatic nitrogens is 3. The summed E-state index contributed by atoms with van der Waals surface area (Å²) < 4.78 is 42.9. The zero-order valence-electron chi connectivity index (χ0n) is 31.4. The highest BCUT2D eigenvalue weighted by Gasteiger charge is 2.82. The van der Waals surface area contributed by atoms with E-state index in [1.54, 1.807) is 19.1 Å². The highest BCUT2D eigenvalue weighted by atomic mass is 31.2. The first-order valence-electron chi connectivity index (χ1n) is 19.5. The van der Waals surface area contributed by atoms with Gasteiger partial charge in [-0.25, -0.2) is 14.1 Å². The number of hydrogen-bond donors (Lipinski definition) is 4. The van der Waals surface area contributed by atoms with Crippen LogP contribution in [0.2, 0.25) is 0 Å². The number of nitrogens with zero attached hydrogens (tertiary/aromatic N) is 3. The van der Waals surface area contributed by atoms with Crippen LogP contribution in [0.3, 0.4) is 0 Å². The van der Waals surface area contributed by atoms with E-state index in [1.165, 1.54) is 101 Å². The maximum Gasteiger partial charge on any atom is 0.472 e. The maximum absolute atomic E-state index is 13.0. The first-order valence-corrected chi connectivity index (χ1v) is 21.0. The molecule has 1 aliphatic carbocycles. The van der Waals surface area contributed by atoms with Gasteiger partial charge in [0, 0.05) is 13.2 Å². The molecular formula is C37H65N4O9P. The second-order valence-corrected chi connectivity index (χ2v) is 16.5. The van der Waals surface area contributed by atoms with E-state index < -0.39 is 43.4 Å². The Labute approximate surface area is 304 Å². The van der Waals surface area contributed by atoms with E-state index in [1.807, 2.05) is 13.8 Å². The number of ether oxygens (including phenoxy) is 3. The molecule has 0 spiro atoms. The van der Waals surface area contributed by atoms with Gasteiger partial charge in [0.2, 0.25) is 0 Å². The summed E-state index contributed by atoms with van der Waals surface area (Å²) in [6, 6.07) is 3.36. The van der Waals surface area contributed by atoms with E-state index in [0.717, 1.165) is 12.8 Å². The van der Waals surface area contributed by atoms with Gasteiger partial charge in [-0.05, 0) is 31.4 Å². The number of nitrogen functional groups attached to an aromatic ring is 1. The zero-order valence-corrected chi connectivity index (χ0v) is 32.3. The van der Waals surface area contributed by atoms with Crippen LogP contribution in [-0.4, -0.2) is 86.1 Å². The number of hydrogen-bond acceptors (Lipinski definition) is 11. The van der Waals surface area contributed by atoms with Gasteiger partial charge in [0.05, 0.1) is 18.9 Å². The number of nitrogens with two attached hydrogens (primary N) is 1. The Morgan fingerprint density at radius 3 is 2.08 bits per heavy atom. The summed E-state index contributed by atoms with van der Waals surface area (Å²) in [5.74, 6) is 0.496. The molecule has 0 radical (unpaired) electrons. The van der Waals surface area contributed by atoms with Crippen LogP contribution in [0.25, 0.3) is 5.52 Å². The Hall–Kier alpha value is -1.67. The van der Waals surface area contributed by atoms with Crippen molar-refractivity contribution in [1.29, 1.82) is 0 Å². The van der Waals surface area contributed by atoms with Gasteiger partial charge in [-0.2, -0.15) is 5.10 Å². The standard InChI is InChI=1S/C37H65N4O9P/c1-5-6-7-8-9-10-11-12-13-14-15-16-17-18-19-20-23-46-25-29(47-24-28(2)3)26-48-51(44,45)50-33-32-37(33,43)35(42)36(4,49-32)31-22-21-30-34(38)39-27-40-41(30)31/h21-22,27-29,32-33,35,42-43H,5-20,23-26H2,1-4H3,(H,44,45)(H2,38,39,40)/t29-,32-,33?,35+,36+,37+/m1/s1. The van der Waals surface area contributed by atoms with Crippen LogP contribution in [0, 0.1) is 5.92 Å². The molecule has 7 atom stereocenters.